The van der Waals surface area contributed by atoms with Crippen LogP contribution in [-0.2, 0) is 20.6 Å². The predicted octanol–water partition coefficient (Wildman–Crippen LogP) is 5.89. The van der Waals surface area contributed by atoms with Crippen molar-refractivity contribution in [3.63, 3.8) is 0 Å². The van der Waals surface area contributed by atoms with E-state index in [1.165, 1.54) is 10.4 Å². The van der Waals surface area contributed by atoms with E-state index in [1.54, 1.807) is 0 Å². The Kier molecular flexibility index (Phi) is 7.84. The lowest BCUT2D eigenvalue weighted by molar-refractivity contribution is -0.128. The minimum atomic E-state index is -2.81. The molecular weight excluding hydrogens is 462 g/mol. The van der Waals surface area contributed by atoms with E-state index < -0.39 is 14.5 Å². The van der Waals surface area contributed by atoms with Crippen LogP contribution in [0.15, 0.2) is 84.9 Å². The van der Waals surface area contributed by atoms with Gasteiger partial charge in [-0.15, -0.1) is 0 Å². The molecule has 0 aromatic heterocycles. The van der Waals surface area contributed by atoms with Crippen LogP contribution in [0.5, 0.6) is 0 Å². The Labute approximate surface area is 217 Å². The molecule has 0 saturated carbocycles. The van der Waals surface area contributed by atoms with Crippen LogP contribution in [-0.4, -0.2) is 26.6 Å². The number of hydrogen-bond acceptors (Lipinski definition) is 3. The molecule has 1 aliphatic rings. The Balaban J connectivity index is 1.82. The van der Waals surface area contributed by atoms with Crippen LogP contribution in [0.2, 0.25) is 5.04 Å². The van der Waals surface area contributed by atoms with Gasteiger partial charge in [0.05, 0.1) is 18.4 Å². The molecule has 0 N–H and O–H groups in total. The van der Waals surface area contributed by atoms with Crippen molar-refractivity contribution in [2.45, 2.75) is 71.9 Å². The lowest BCUT2D eigenvalue weighted by atomic mass is 10.0. The van der Waals surface area contributed by atoms with E-state index in [4.69, 9.17) is 9.16 Å². The fraction of sp³-hybridized carbons (Fsp3) is 0.387. The van der Waals surface area contributed by atoms with Crippen molar-refractivity contribution in [2.24, 2.45) is 5.92 Å². The maximum atomic E-state index is 13.7. The van der Waals surface area contributed by atoms with Gasteiger partial charge < -0.3 is 9.16 Å². The molecule has 0 unspecified atom stereocenters. The number of rotatable bonds is 7. The average molecular weight is 502 g/mol. The summed E-state index contributed by atoms with van der Waals surface area (Å²) in [5, 5.41) is 2.26. The first kappa shape index (κ1) is 26.3. The Morgan fingerprint density at radius 2 is 1.47 bits per heavy atom. The molecule has 3 aromatic rings. The molecule has 3 aromatic carbocycles. The minimum absolute atomic E-state index is 0.0764. The molecule has 0 radical (unpaired) electrons. The van der Waals surface area contributed by atoms with Crippen molar-refractivity contribution < 1.29 is 14.0 Å². The number of para-hydroxylation sites is 1. The fourth-order valence-electron chi connectivity index (χ4n) is 5.28. The fourth-order valence-corrected chi connectivity index (χ4v) is 9.97. The third-order valence-corrected chi connectivity index (χ3v) is 12.5. The van der Waals surface area contributed by atoms with Crippen molar-refractivity contribution in [1.29, 1.82) is 0 Å². The molecule has 4 nitrogen and oxygen atoms in total. The molecule has 1 aliphatic heterocycles. The van der Waals surface area contributed by atoms with Gasteiger partial charge in [0.15, 0.2) is 6.23 Å². The SMILES string of the molecule is CC[C@H](C)C(=O)N1c2ccccc2CO[C@H]1[C@H](C)O[Si](c1ccccc1)(c1ccccc1)C(C)(C)C. The highest BCUT2D eigenvalue weighted by Gasteiger charge is 2.52. The molecule has 0 saturated heterocycles. The molecule has 1 amide bonds. The van der Waals surface area contributed by atoms with Crippen molar-refractivity contribution >= 4 is 30.3 Å². The molecule has 0 aliphatic carbocycles. The lowest BCUT2D eigenvalue weighted by Crippen LogP contribution is -2.69. The first-order chi connectivity index (χ1) is 17.2. The second-order valence-corrected chi connectivity index (χ2v) is 15.1. The van der Waals surface area contributed by atoms with Gasteiger partial charge in [-0.1, -0.05) is 113 Å². The smallest absolute Gasteiger partial charge is 0.261 e. The zero-order chi connectivity index (χ0) is 25.9. The minimum Gasteiger partial charge on any atom is -0.400 e. The molecule has 3 atom stereocenters. The molecule has 36 heavy (non-hydrogen) atoms. The Bertz CT molecular complexity index is 1120. The van der Waals surface area contributed by atoms with E-state index >= 15 is 0 Å². The summed E-state index contributed by atoms with van der Waals surface area (Å²) >= 11 is 0. The van der Waals surface area contributed by atoms with Crippen molar-refractivity contribution in [3.05, 3.63) is 90.5 Å². The van der Waals surface area contributed by atoms with Gasteiger partial charge in [0.1, 0.15) is 0 Å². The third-order valence-electron chi connectivity index (χ3n) is 7.37. The Morgan fingerprint density at radius 1 is 0.944 bits per heavy atom. The van der Waals surface area contributed by atoms with Gasteiger partial charge in [0.2, 0.25) is 5.91 Å². The van der Waals surface area contributed by atoms with Crippen molar-refractivity contribution in [3.8, 4) is 0 Å². The molecule has 0 bridgehead atoms. The standard InChI is InChI=1S/C31H39NO3Si/c1-7-23(2)29(33)32-28-21-15-14-16-25(28)22-34-30(32)24(3)35-36(31(4,5)6,26-17-10-8-11-18-26)27-19-12-9-13-20-27/h8-21,23-24,30H,7,22H2,1-6H3/t23-,24-,30-/m0/s1. The summed E-state index contributed by atoms with van der Waals surface area (Å²) in [5.74, 6) is -0.0325. The lowest BCUT2D eigenvalue weighted by Gasteiger charge is -2.48. The van der Waals surface area contributed by atoms with Gasteiger partial charge >= 0.3 is 0 Å². The molecule has 5 heteroatoms. The summed E-state index contributed by atoms with van der Waals surface area (Å²) in [6.07, 6.45) is -0.0885. The van der Waals surface area contributed by atoms with Gasteiger partial charge in [-0.05, 0) is 34.8 Å². The van der Waals surface area contributed by atoms with Gasteiger partial charge in [-0.3, -0.25) is 9.69 Å². The highest BCUT2D eigenvalue weighted by atomic mass is 28.4. The summed E-state index contributed by atoms with van der Waals surface area (Å²) in [5.41, 5.74) is 1.96. The van der Waals surface area contributed by atoms with Gasteiger partial charge in [-0.2, -0.15) is 0 Å². The second kappa shape index (κ2) is 10.7. The molecular formula is C31H39NO3Si. The maximum absolute atomic E-state index is 13.7. The summed E-state index contributed by atoms with van der Waals surface area (Å²) in [7, 11) is -2.81. The van der Waals surface area contributed by atoms with E-state index in [-0.39, 0.29) is 23.0 Å². The number of fused-ring (bicyclic) bond motifs is 1. The van der Waals surface area contributed by atoms with Gasteiger partial charge in [0.25, 0.3) is 8.32 Å². The summed E-state index contributed by atoms with van der Waals surface area (Å²) in [6, 6.07) is 29.3. The summed E-state index contributed by atoms with van der Waals surface area (Å²) in [4.78, 5) is 15.6. The van der Waals surface area contributed by atoms with E-state index in [0.717, 1.165) is 17.7 Å². The molecule has 0 fully saturated rings. The Morgan fingerprint density at radius 3 is 2.00 bits per heavy atom. The highest BCUT2D eigenvalue weighted by molar-refractivity contribution is 6.99. The third kappa shape index (κ3) is 4.80. The number of amides is 1. The summed E-state index contributed by atoms with van der Waals surface area (Å²) < 4.78 is 13.8. The van der Waals surface area contributed by atoms with E-state index in [2.05, 4.69) is 83.1 Å². The van der Waals surface area contributed by atoms with E-state index in [0.29, 0.717) is 6.61 Å². The molecule has 4 rings (SSSR count). The average Bonchev–Trinajstić information content (AvgIpc) is 2.90. The number of hydrogen-bond donors (Lipinski definition) is 0. The predicted molar refractivity (Wildman–Crippen MR) is 150 cm³/mol. The maximum Gasteiger partial charge on any atom is 0.261 e. The van der Waals surface area contributed by atoms with Gasteiger partial charge in [0, 0.05) is 11.5 Å². The molecule has 1 heterocycles. The van der Waals surface area contributed by atoms with E-state index in [1.807, 2.05) is 48.2 Å². The number of benzene rings is 3. The first-order valence-corrected chi connectivity index (χ1v) is 14.9. The van der Waals surface area contributed by atoms with Crippen LogP contribution in [0, 0.1) is 5.92 Å². The van der Waals surface area contributed by atoms with Crippen molar-refractivity contribution in [2.75, 3.05) is 4.90 Å². The number of ether oxygens (including phenoxy) is 1. The monoisotopic (exact) mass is 501 g/mol. The van der Waals surface area contributed by atoms with Gasteiger partial charge in [-0.25, -0.2) is 0 Å². The largest absolute Gasteiger partial charge is 0.400 e. The molecule has 190 valence electrons. The van der Waals surface area contributed by atoms with E-state index in [9.17, 15) is 4.79 Å². The quantitative estimate of drug-likeness (QED) is 0.379. The van der Waals surface area contributed by atoms with Crippen LogP contribution < -0.4 is 15.3 Å². The topological polar surface area (TPSA) is 38.8 Å². The van der Waals surface area contributed by atoms with Crippen LogP contribution in [0.1, 0.15) is 53.5 Å². The number of carbonyl (C=O) groups is 1. The zero-order valence-electron chi connectivity index (χ0n) is 22.4. The van der Waals surface area contributed by atoms with Crippen LogP contribution in [0.3, 0.4) is 0 Å². The molecule has 0 spiro atoms. The second-order valence-electron chi connectivity index (χ2n) is 10.8. The Hall–Kier alpha value is -2.73. The number of carbonyl (C=O) groups excluding carboxylic acids is 1. The van der Waals surface area contributed by atoms with Crippen LogP contribution in [0.4, 0.5) is 5.69 Å². The van der Waals surface area contributed by atoms with Crippen LogP contribution in [0.25, 0.3) is 0 Å². The first-order valence-electron chi connectivity index (χ1n) is 13.0. The zero-order valence-corrected chi connectivity index (χ0v) is 23.4. The highest BCUT2D eigenvalue weighted by Crippen LogP contribution is 2.40. The summed E-state index contributed by atoms with van der Waals surface area (Å²) in [6.45, 7) is 13.4. The normalized spacial score (nSPS) is 17.8. The van der Waals surface area contributed by atoms with Crippen molar-refractivity contribution in [1.82, 2.24) is 0 Å². The number of anilines is 1. The number of nitrogens with zero attached hydrogens (tertiary/aromatic N) is 1. The van der Waals surface area contributed by atoms with Crippen LogP contribution >= 0.6 is 0 Å².